The van der Waals surface area contributed by atoms with Crippen molar-refractivity contribution in [3.63, 3.8) is 0 Å². The molecular formula is C6H8N3. The second-order valence-corrected chi connectivity index (χ2v) is 2.49. The van der Waals surface area contributed by atoms with Gasteiger partial charge in [-0.3, -0.25) is 0 Å². The van der Waals surface area contributed by atoms with Crippen molar-refractivity contribution in [1.29, 1.82) is 0 Å². The van der Waals surface area contributed by atoms with Gasteiger partial charge in [-0.1, -0.05) is 0 Å². The summed E-state index contributed by atoms with van der Waals surface area (Å²) in [7, 11) is 1.94. The number of aryl methyl sites for hydroxylation is 1. The summed E-state index contributed by atoms with van der Waals surface area (Å²) in [6, 6.07) is 0. The van der Waals surface area contributed by atoms with Crippen molar-refractivity contribution in [1.82, 2.24) is 14.8 Å². The number of nitrogens with zero attached hydrogens (tertiary/aromatic N) is 3. The molecule has 0 amide bonds. The van der Waals surface area contributed by atoms with Crippen LogP contribution in [0.1, 0.15) is 24.6 Å². The number of aromatic nitrogens is 3. The number of hydrogen-bond donors (Lipinski definition) is 0. The van der Waals surface area contributed by atoms with Crippen LogP contribution < -0.4 is 0 Å². The molecule has 3 heteroatoms. The maximum Gasteiger partial charge on any atom is 0.201 e. The van der Waals surface area contributed by atoms with E-state index in [1.807, 2.05) is 11.6 Å². The molecule has 1 saturated carbocycles. The lowest BCUT2D eigenvalue weighted by Gasteiger charge is -1.91. The lowest BCUT2D eigenvalue weighted by Crippen LogP contribution is -1.93. The largest absolute Gasteiger partial charge is 0.311 e. The minimum absolute atomic E-state index is 0.689. The molecule has 2 rings (SSSR count). The van der Waals surface area contributed by atoms with Gasteiger partial charge in [0.1, 0.15) is 5.82 Å². The third-order valence-corrected chi connectivity index (χ3v) is 1.63. The molecule has 0 atom stereocenters. The van der Waals surface area contributed by atoms with E-state index in [0.29, 0.717) is 5.92 Å². The SMILES string of the molecule is Cn1[c]nnc1C1CC1. The van der Waals surface area contributed by atoms with E-state index in [1.54, 1.807) is 0 Å². The third-order valence-electron chi connectivity index (χ3n) is 1.63. The van der Waals surface area contributed by atoms with Crippen LogP contribution in [0.15, 0.2) is 0 Å². The van der Waals surface area contributed by atoms with E-state index in [9.17, 15) is 0 Å². The van der Waals surface area contributed by atoms with E-state index < -0.39 is 0 Å². The fourth-order valence-corrected chi connectivity index (χ4v) is 0.956. The zero-order chi connectivity index (χ0) is 6.27. The summed E-state index contributed by atoms with van der Waals surface area (Å²) in [5.74, 6) is 1.78. The molecule has 0 saturated heterocycles. The molecule has 1 heterocycles. The van der Waals surface area contributed by atoms with Crippen LogP contribution in [0.2, 0.25) is 0 Å². The summed E-state index contributed by atoms with van der Waals surface area (Å²) >= 11 is 0. The normalized spacial score (nSPS) is 18.3. The van der Waals surface area contributed by atoms with Crippen LogP contribution in [0.5, 0.6) is 0 Å². The molecule has 0 N–H and O–H groups in total. The maximum atomic E-state index is 3.94. The lowest BCUT2D eigenvalue weighted by atomic mass is 10.4. The van der Waals surface area contributed by atoms with E-state index in [2.05, 4.69) is 16.5 Å². The Labute approximate surface area is 53.7 Å². The summed E-state index contributed by atoms with van der Waals surface area (Å²) in [4.78, 5) is 0. The van der Waals surface area contributed by atoms with Crippen molar-refractivity contribution in [3.05, 3.63) is 12.2 Å². The molecule has 0 spiro atoms. The lowest BCUT2D eigenvalue weighted by molar-refractivity contribution is 0.795. The van der Waals surface area contributed by atoms with Crippen molar-refractivity contribution in [2.75, 3.05) is 0 Å². The maximum absolute atomic E-state index is 3.94. The van der Waals surface area contributed by atoms with Crippen LogP contribution in [0.4, 0.5) is 0 Å². The van der Waals surface area contributed by atoms with Crippen molar-refractivity contribution in [3.8, 4) is 0 Å². The number of rotatable bonds is 1. The van der Waals surface area contributed by atoms with Gasteiger partial charge in [-0.15, -0.1) is 10.2 Å². The summed E-state index contributed by atoms with van der Waals surface area (Å²) in [6.45, 7) is 0. The Bertz CT molecular complexity index is 212. The van der Waals surface area contributed by atoms with Gasteiger partial charge in [-0.25, -0.2) is 0 Å². The molecule has 0 aliphatic heterocycles. The van der Waals surface area contributed by atoms with E-state index in [0.717, 1.165) is 5.82 Å². The molecule has 1 radical (unpaired) electrons. The number of hydrogen-bond acceptors (Lipinski definition) is 2. The van der Waals surface area contributed by atoms with Gasteiger partial charge in [0, 0.05) is 13.0 Å². The first-order valence-electron chi connectivity index (χ1n) is 3.15. The summed E-state index contributed by atoms with van der Waals surface area (Å²) in [6.07, 6.45) is 5.30. The Morgan fingerprint density at radius 3 is 2.89 bits per heavy atom. The smallest absolute Gasteiger partial charge is 0.201 e. The second-order valence-electron chi connectivity index (χ2n) is 2.49. The van der Waals surface area contributed by atoms with Crippen molar-refractivity contribution in [2.45, 2.75) is 18.8 Å². The van der Waals surface area contributed by atoms with E-state index in [1.165, 1.54) is 12.8 Å². The third kappa shape index (κ3) is 0.724. The standard InChI is InChI=1S/C6H8N3/c1-9-4-7-8-6(9)5-2-3-5/h5H,2-3H2,1H3. The van der Waals surface area contributed by atoms with Gasteiger partial charge < -0.3 is 4.57 Å². The highest BCUT2D eigenvalue weighted by Crippen LogP contribution is 2.38. The first-order chi connectivity index (χ1) is 4.38. The van der Waals surface area contributed by atoms with Gasteiger partial charge in [0.15, 0.2) is 0 Å². The first-order valence-corrected chi connectivity index (χ1v) is 3.15. The molecule has 9 heavy (non-hydrogen) atoms. The quantitative estimate of drug-likeness (QED) is 0.542. The minimum Gasteiger partial charge on any atom is -0.311 e. The average Bonchev–Trinajstić information content (AvgIpc) is 2.58. The molecule has 0 unspecified atom stereocenters. The molecule has 0 bridgehead atoms. The van der Waals surface area contributed by atoms with E-state index in [-0.39, 0.29) is 0 Å². The molecule has 0 aromatic carbocycles. The minimum atomic E-state index is 0.689. The summed E-state index contributed by atoms with van der Waals surface area (Å²) in [5, 5.41) is 7.61. The van der Waals surface area contributed by atoms with Crippen LogP contribution in [0.25, 0.3) is 0 Å². The zero-order valence-corrected chi connectivity index (χ0v) is 5.33. The van der Waals surface area contributed by atoms with Crippen LogP contribution >= 0.6 is 0 Å². The zero-order valence-electron chi connectivity index (χ0n) is 5.33. The van der Waals surface area contributed by atoms with Gasteiger partial charge in [-0.05, 0) is 12.8 Å². The first kappa shape index (κ1) is 4.97. The van der Waals surface area contributed by atoms with Crippen LogP contribution in [-0.2, 0) is 7.05 Å². The Morgan fingerprint density at radius 2 is 2.44 bits per heavy atom. The Morgan fingerprint density at radius 1 is 1.67 bits per heavy atom. The second kappa shape index (κ2) is 1.56. The van der Waals surface area contributed by atoms with Crippen LogP contribution in [0.3, 0.4) is 0 Å². The summed E-state index contributed by atoms with van der Waals surface area (Å²) in [5.41, 5.74) is 0. The summed E-state index contributed by atoms with van der Waals surface area (Å²) < 4.78 is 1.87. The van der Waals surface area contributed by atoms with Crippen LogP contribution in [0, 0.1) is 6.33 Å². The molecular weight excluding hydrogens is 114 g/mol. The van der Waals surface area contributed by atoms with Gasteiger partial charge in [-0.2, -0.15) is 0 Å². The fourth-order valence-electron chi connectivity index (χ4n) is 0.956. The van der Waals surface area contributed by atoms with E-state index in [4.69, 9.17) is 0 Å². The Hall–Kier alpha value is -0.860. The van der Waals surface area contributed by atoms with Crippen molar-refractivity contribution in [2.24, 2.45) is 7.05 Å². The molecule has 1 aliphatic carbocycles. The molecule has 1 aromatic heterocycles. The highest BCUT2D eigenvalue weighted by atomic mass is 15.3. The van der Waals surface area contributed by atoms with Gasteiger partial charge in [0.2, 0.25) is 6.33 Å². The fraction of sp³-hybridized carbons (Fsp3) is 0.667. The Kier molecular flexibility index (Phi) is 0.860. The van der Waals surface area contributed by atoms with E-state index >= 15 is 0 Å². The molecule has 3 nitrogen and oxygen atoms in total. The van der Waals surface area contributed by atoms with Gasteiger partial charge >= 0.3 is 0 Å². The van der Waals surface area contributed by atoms with Crippen LogP contribution in [-0.4, -0.2) is 14.8 Å². The highest BCUT2D eigenvalue weighted by Gasteiger charge is 2.27. The molecule has 47 valence electrons. The highest BCUT2D eigenvalue weighted by molar-refractivity contribution is 5.03. The van der Waals surface area contributed by atoms with Crippen molar-refractivity contribution < 1.29 is 0 Å². The van der Waals surface area contributed by atoms with Gasteiger partial charge in [0.05, 0.1) is 0 Å². The average molecular weight is 122 g/mol. The van der Waals surface area contributed by atoms with Gasteiger partial charge in [0.25, 0.3) is 0 Å². The molecule has 1 aliphatic rings. The topological polar surface area (TPSA) is 30.7 Å². The predicted octanol–water partition coefficient (Wildman–Crippen LogP) is 0.493. The molecule has 1 fully saturated rings. The molecule has 1 aromatic rings. The Balaban J connectivity index is 2.35. The monoisotopic (exact) mass is 122 g/mol. The van der Waals surface area contributed by atoms with Crippen molar-refractivity contribution >= 4 is 0 Å². The predicted molar refractivity (Wildman–Crippen MR) is 31.8 cm³/mol.